The van der Waals surface area contributed by atoms with Crippen molar-refractivity contribution in [1.29, 1.82) is 0 Å². The van der Waals surface area contributed by atoms with Gasteiger partial charge >= 0.3 is 5.97 Å². The molecule has 0 atom stereocenters. The number of amides is 1. The van der Waals surface area contributed by atoms with Crippen molar-refractivity contribution in [3.05, 3.63) is 34.6 Å². The predicted octanol–water partition coefficient (Wildman–Crippen LogP) is 1.91. The van der Waals surface area contributed by atoms with Crippen molar-refractivity contribution in [3.8, 4) is 11.5 Å². The second-order valence-electron chi connectivity index (χ2n) is 5.07. The van der Waals surface area contributed by atoms with Crippen molar-refractivity contribution >= 4 is 29.2 Å². The first-order valence-electron chi connectivity index (χ1n) is 7.01. The number of hydrogen-bond donors (Lipinski definition) is 1. The summed E-state index contributed by atoms with van der Waals surface area (Å²) in [6.07, 6.45) is 0. The summed E-state index contributed by atoms with van der Waals surface area (Å²) in [7, 11) is 1.61. The second-order valence-corrected chi connectivity index (χ2v) is 5.43. The Labute approximate surface area is 142 Å². The topological polar surface area (TPSA) is 91.7 Å². The van der Waals surface area contributed by atoms with Crippen molar-refractivity contribution in [1.82, 2.24) is 9.78 Å². The molecular formula is C15H14ClN3O5. The van der Waals surface area contributed by atoms with E-state index in [4.69, 9.17) is 25.8 Å². The summed E-state index contributed by atoms with van der Waals surface area (Å²) in [5, 5.41) is 6.79. The zero-order valence-electron chi connectivity index (χ0n) is 13.0. The minimum atomic E-state index is -0.702. The van der Waals surface area contributed by atoms with Gasteiger partial charge in [0.05, 0.1) is 5.69 Å². The molecule has 2 aromatic rings. The standard InChI is InChI=1S/C15H14ClN3O5/c1-8-13(14(16)19(2)18-8)15(21)22-6-12(20)17-9-3-4-10-11(5-9)24-7-23-10/h3-5H,6-7H2,1-2H3,(H,17,20). The van der Waals surface area contributed by atoms with Crippen molar-refractivity contribution < 1.29 is 23.8 Å². The Morgan fingerprint density at radius 1 is 1.38 bits per heavy atom. The summed E-state index contributed by atoms with van der Waals surface area (Å²) in [5.74, 6) is -0.0324. The molecule has 1 aliphatic heterocycles. The van der Waals surface area contributed by atoms with Gasteiger partial charge in [0.1, 0.15) is 10.7 Å². The minimum absolute atomic E-state index is 0.148. The summed E-state index contributed by atoms with van der Waals surface area (Å²) >= 11 is 5.98. The molecule has 8 nitrogen and oxygen atoms in total. The molecule has 1 aromatic carbocycles. The van der Waals surface area contributed by atoms with E-state index < -0.39 is 18.5 Å². The van der Waals surface area contributed by atoms with E-state index in [2.05, 4.69) is 10.4 Å². The zero-order valence-corrected chi connectivity index (χ0v) is 13.7. The third-order valence-electron chi connectivity index (χ3n) is 3.35. The zero-order chi connectivity index (χ0) is 17.3. The molecule has 24 heavy (non-hydrogen) atoms. The van der Waals surface area contributed by atoms with Gasteiger partial charge in [0.25, 0.3) is 5.91 Å². The lowest BCUT2D eigenvalue weighted by atomic mass is 10.2. The molecule has 126 valence electrons. The van der Waals surface area contributed by atoms with Gasteiger partial charge < -0.3 is 19.5 Å². The van der Waals surface area contributed by atoms with E-state index in [1.165, 1.54) is 4.68 Å². The molecule has 0 fully saturated rings. The van der Waals surface area contributed by atoms with E-state index in [0.717, 1.165) is 0 Å². The maximum atomic E-state index is 12.0. The lowest BCUT2D eigenvalue weighted by molar-refractivity contribution is -0.119. The molecule has 1 N–H and O–H groups in total. The van der Waals surface area contributed by atoms with E-state index in [1.807, 2.05) is 0 Å². The van der Waals surface area contributed by atoms with Crippen LogP contribution in [0.5, 0.6) is 11.5 Å². The van der Waals surface area contributed by atoms with E-state index in [-0.39, 0.29) is 17.5 Å². The van der Waals surface area contributed by atoms with Crippen LogP contribution in [0.1, 0.15) is 16.1 Å². The van der Waals surface area contributed by atoms with Crippen LogP contribution in [-0.4, -0.2) is 35.1 Å². The number of hydrogen-bond acceptors (Lipinski definition) is 6. The molecule has 0 aliphatic carbocycles. The Bertz CT molecular complexity index is 818. The van der Waals surface area contributed by atoms with E-state index >= 15 is 0 Å². The highest BCUT2D eigenvalue weighted by atomic mass is 35.5. The molecule has 0 radical (unpaired) electrons. The highest BCUT2D eigenvalue weighted by Crippen LogP contribution is 2.34. The van der Waals surface area contributed by atoms with Gasteiger partial charge in [-0.3, -0.25) is 9.48 Å². The summed E-state index contributed by atoms with van der Waals surface area (Å²) in [6, 6.07) is 4.97. The van der Waals surface area contributed by atoms with Gasteiger partial charge in [-0.2, -0.15) is 5.10 Å². The maximum absolute atomic E-state index is 12.0. The SMILES string of the molecule is Cc1nn(C)c(Cl)c1C(=O)OCC(=O)Nc1ccc2c(c1)OCO2. The van der Waals surface area contributed by atoms with Crippen LogP contribution in [-0.2, 0) is 16.6 Å². The first-order valence-corrected chi connectivity index (χ1v) is 7.39. The van der Waals surface area contributed by atoms with Crippen molar-refractivity contribution in [2.24, 2.45) is 7.05 Å². The van der Waals surface area contributed by atoms with Crippen LogP contribution in [0, 0.1) is 6.92 Å². The lowest BCUT2D eigenvalue weighted by Crippen LogP contribution is -2.21. The predicted molar refractivity (Wildman–Crippen MR) is 84.4 cm³/mol. The number of carbonyl (C=O) groups is 2. The average Bonchev–Trinajstić information content (AvgIpc) is 3.09. The number of rotatable bonds is 4. The molecule has 9 heteroatoms. The smallest absolute Gasteiger partial charge is 0.343 e. The molecule has 1 amide bonds. The number of aromatic nitrogens is 2. The first kappa shape index (κ1) is 16.1. The van der Waals surface area contributed by atoms with Crippen molar-refractivity contribution in [3.63, 3.8) is 0 Å². The lowest BCUT2D eigenvalue weighted by Gasteiger charge is -2.07. The third kappa shape index (κ3) is 3.13. The largest absolute Gasteiger partial charge is 0.454 e. The Morgan fingerprint density at radius 2 is 2.12 bits per heavy atom. The van der Waals surface area contributed by atoms with Gasteiger partial charge in [-0.05, 0) is 19.1 Å². The fourth-order valence-corrected chi connectivity index (χ4v) is 2.49. The van der Waals surface area contributed by atoms with E-state index in [1.54, 1.807) is 32.2 Å². The van der Waals surface area contributed by atoms with E-state index in [9.17, 15) is 9.59 Å². The fourth-order valence-electron chi connectivity index (χ4n) is 2.24. The summed E-state index contributed by atoms with van der Waals surface area (Å²) in [4.78, 5) is 23.9. The Hall–Kier alpha value is -2.74. The van der Waals surface area contributed by atoms with Crippen LogP contribution in [0.25, 0.3) is 0 Å². The normalized spacial score (nSPS) is 12.1. The monoisotopic (exact) mass is 351 g/mol. The molecule has 3 rings (SSSR count). The third-order valence-corrected chi connectivity index (χ3v) is 3.78. The maximum Gasteiger partial charge on any atom is 0.343 e. The number of ether oxygens (including phenoxy) is 3. The van der Waals surface area contributed by atoms with Crippen LogP contribution in [0.3, 0.4) is 0 Å². The van der Waals surface area contributed by atoms with Crippen LogP contribution in [0.15, 0.2) is 18.2 Å². The van der Waals surface area contributed by atoms with Gasteiger partial charge in [-0.25, -0.2) is 4.79 Å². The Balaban J connectivity index is 1.58. The van der Waals surface area contributed by atoms with Gasteiger partial charge in [-0.15, -0.1) is 0 Å². The molecule has 0 saturated heterocycles. The number of aryl methyl sites for hydroxylation is 2. The Kier molecular flexibility index (Phi) is 4.30. The average molecular weight is 352 g/mol. The molecule has 2 heterocycles. The van der Waals surface area contributed by atoms with Gasteiger partial charge in [0.2, 0.25) is 6.79 Å². The van der Waals surface area contributed by atoms with Gasteiger partial charge in [-0.1, -0.05) is 11.6 Å². The number of anilines is 1. The van der Waals surface area contributed by atoms with Gasteiger partial charge in [0, 0.05) is 18.8 Å². The fraction of sp³-hybridized carbons (Fsp3) is 0.267. The van der Waals surface area contributed by atoms with Crippen LogP contribution >= 0.6 is 11.6 Å². The number of halogens is 1. The number of nitrogens with one attached hydrogen (secondary N) is 1. The number of nitrogens with zero attached hydrogens (tertiary/aromatic N) is 2. The Morgan fingerprint density at radius 3 is 2.83 bits per heavy atom. The number of fused-ring (bicyclic) bond motifs is 1. The molecule has 0 spiro atoms. The van der Waals surface area contributed by atoms with Crippen molar-refractivity contribution in [2.75, 3.05) is 18.7 Å². The highest BCUT2D eigenvalue weighted by molar-refractivity contribution is 6.32. The van der Waals surface area contributed by atoms with Crippen LogP contribution in [0.4, 0.5) is 5.69 Å². The molecule has 0 unspecified atom stereocenters. The molecule has 0 saturated carbocycles. The number of carbonyl (C=O) groups excluding carboxylic acids is 2. The van der Waals surface area contributed by atoms with Gasteiger partial charge in [0.15, 0.2) is 18.1 Å². The van der Waals surface area contributed by atoms with Crippen LogP contribution in [0.2, 0.25) is 5.15 Å². The quantitative estimate of drug-likeness (QED) is 0.846. The second kappa shape index (κ2) is 6.40. The van der Waals surface area contributed by atoms with Crippen molar-refractivity contribution in [2.45, 2.75) is 6.92 Å². The first-order chi connectivity index (χ1) is 11.5. The van der Waals surface area contributed by atoms with E-state index in [0.29, 0.717) is 22.9 Å². The summed E-state index contributed by atoms with van der Waals surface area (Å²) in [5.41, 5.74) is 1.09. The summed E-state index contributed by atoms with van der Waals surface area (Å²) < 4.78 is 16.8. The molecule has 0 bridgehead atoms. The van der Waals surface area contributed by atoms with Crippen LogP contribution < -0.4 is 14.8 Å². The summed E-state index contributed by atoms with van der Waals surface area (Å²) in [6.45, 7) is 1.34. The molecule has 1 aromatic heterocycles. The number of benzene rings is 1. The number of esters is 1. The minimum Gasteiger partial charge on any atom is -0.454 e. The highest BCUT2D eigenvalue weighted by Gasteiger charge is 2.21. The molecular weight excluding hydrogens is 338 g/mol. The molecule has 1 aliphatic rings.